The molecule has 0 saturated heterocycles. The summed E-state index contributed by atoms with van der Waals surface area (Å²) in [6.07, 6.45) is 0. The summed E-state index contributed by atoms with van der Waals surface area (Å²) >= 11 is 0. The Morgan fingerprint density at radius 2 is 1.94 bits per heavy atom. The summed E-state index contributed by atoms with van der Waals surface area (Å²) < 4.78 is 5.94. The predicted molar refractivity (Wildman–Crippen MR) is 74.9 cm³/mol. The zero-order valence-corrected chi connectivity index (χ0v) is 11.4. The van der Waals surface area contributed by atoms with Crippen LogP contribution in [0.4, 0.5) is 0 Å². The van der Waals surface area contributed by atoms with E-state index >= 15 is 0 Å². The van der Waals surface area contributed by atoms with Crippen LogP contribution in [-0.4, -0.2) is 17.6 Å². The van der Waals surface area contributed by atoms with Gasteiger partial charge in [0.25, 0.3) is 0 Å². The highest BCUT2D eigenvalue weighted by molar-refractivity contribution is 5.80. The molecule has 3 heteroatoms. The number of ether oxygens (including phenoxy) is 1. The monoisotopic (exact) mass is 244 g/mol. The molecule has 3 nitrogen and oxygen atoms in total. The molecule has 0 amide bonds. The molecule has 0 aliphatic carbocycles. The van der Waals surface area contributed by atoms with Gasteiger partial charge in [0.2, 0.25) is 5.88 Å². The van der Waals surface area contributed by atoms with Crippen molar-refractivity contribution in [2.75, 3.05) is 7.05 Å². The molecule has 1 aromatic carbocycles. The molecule has 0 fully saturated rings. The molecule has 0 radical (unpaired) electrons. The number of rotatable bonds is 3. The average molecular weight is 244 g/mol. The zero-order chi connectivity index (χ0) is 13.2. The minimum Gasteiger partial charge on any atom is -0.472 e. The van der Waals surface area contributed by atoms with Crippen LogP contribution in [0.25, 0.3) is 10.9 Å². The van der Waals surface area contributed by atoms with Crippen LogP contribution in [0.15, 0.2) is 30.3 Å². The normalized spacial score (nSPS) is 11.8. The second kappa shape index (κ2) is 4.94. The van der Waals surface area contributed by atoms with E-state index in [1.54, 1.807) is 0 Å². The Morgan fingerprint density at radius 1 is 1.22 bits per heavy atom. The topological polar surface area (TPSA) is 34.2 Å². The number of para-hydroxylation sites is 1. The lowest BCUT2D eigenvalue weighted by atomic mass is 10.1. The van der Waals surface area contributed by atoms with Crippen molar-refractivity contribution >= 4 is 10.9 Å². The van der Waals surface area contributed by atoms with Crippen LogP contribution in [0.5, 0.6) is 5.88 Å². The van der Waals surface area contributed by atoms with E-state index in [0.29, 0.717) is 0 Å². The van der Waals surface area contributed by atoms with Crippen molar-refractivity contribution in [3.05, 3.63) is 35.9 Å². The molecule has 0 aliphatic rings. The lowest BCUT2D eigenvalue weighted by molar-refractivity contribution is 0.123. The number of fused-ring (bicyclic) bond motifs is 1. The second-order valence-corrected chi connectivity index (χ2v) is 5.39. The molecular formula is C15H20N2O. The smallest absolute Gasteiger partial charge is 0.218 e. The van der Waals surface area contributed by atoms with Crippen molar-refractivity contribution in [3.63, 3.8) is 0 Å². The highest BCUT2D eigenvalue weighted by Gasteiger charge is 2.16. The van der Waals surface area contributed by atoms with Crippen LogP contribution in [0, 0.1) is 0 Å². The van der Waals surface area contributed by atoms with Crippen LogP contribution in [0.2, 0.25) is 0 Å². The minimum absolute atomic E-state index is 0.238. The van der Waals surface area contributed by atoms with E-state index in [1.165, 1.54) is 0 Å². The number of nitrogens with one attached hydrogen (secondary N) is 1. The third kappa shape index (κ3) is 2.99. The Hall–Kier alpha value is -1.61. The summed E-state index contributed by atoms with van der Waals surface area (Å²) in [5.41, 5.74) is 1.82. The van der Waals surface area contributed by atoms with Crippen molar-refractivity contribution in [1.29, 1.82) is 0 Å². The van der Waals surface area contributed by atoms with Crippen molar-refractivity contribution in [2.45, 2.75) is 32.9 Å². The molecule has 1 heterocycles. The van der Waals surface area contributed by atoms with Crippen molar-refractivity contribution in [3.8, 4) is 5.88 Å². The van der Waals surface area contributed by atoms with Gasteiger partial charge in [0.05, 0.1) is 5.52 Å². The summed E-state index contributed by atoms with van der Waals surface area (Å²) in [4.78, 5) is 4.62. The van der Waals surface area contributed by atoms with Crippen LogP contribution in [0.1, 0.15) is 26.3 Å². The number of pyridine rings is 1. The van der Waals surface area contributed by atoms with E-state index in [4.69, 9.17) is 4.74 Å². The summed E-state index contributed by atoms with van der Waals surface area (Å²) in [7, 11) is 1.93. The highest BCUT2D eigenvalue weighted by atomic mass is 16.5. The lowest BCUT2D eigenvalue weighted by Gasteiger charge is -2.22. The molecule has 18 heavy (non-hydrogen) atoms. The largest absolute Gasteiger partial charge is 0.472 e. The van der Waals surface area contributed by atoms with Gasteiger partial charge in [-0.25, -0.2) is 4.98 Å². The van der Waals surface area contributed by atoms with E-state index in [0.717, 1.165) is 28.9 Å². The average Bonchev–Trinajstić information content (AvgIpc) is 2.28. The maximum Gasteiger partial charge on any atom is 0.218 e. The molecule has 96 valence electrons. The van der Waals surface area contributed by atoms with Crippen molar-refractivity contribution in [2.24, 2.45) is 0 Å². The fraction of sp³-hybridized carbons (Fsp3) is 0.400. The molecule has 0 spiro atoms. The van der Waals surface area contributed by atoms with Gasteiger partial charge < -0.3 is 10.1 Å². The first-order chi connectivity index (χ1) is 8.49. The van der Waals surface area contributed by atoms with Crippen molar-refractivity contribution in [1.82, 2.24) is 10.3 Å². The first-order valence-corrected chi connectivity index (χ1v) is 6.22. The van der Waals surface area contributed by atoms with Gasteiger partial charge in [-0.05, 0) is 40.0 Å². The van der Waals surface area contributed by atoms with Gasteiger partial charge >= 0.3 is 0 Å². The number of hydrogen-bond donors (Lipinski definition) is 1. The third-order valence-corrected chi connectivity index (χ3v) is 2.53. The van der Waals surface area contributed by atoms with E-state index in [-0.39, 0.29) is 5.60 Å². The van der Waals surface area contributed by atoms with Crippen LogP contribution in [-0.2, 0) is 6.54 Å². The van der Waals surface area contributed by atoms with E-state index in [1.807, 2.05) is 46.0 Å². The molecule has 1 N–H and O–H groups in total. The molecule has 2 rings (SSSR count). The molecule has 2 aromatic rings. The molecular weight excluding hydrogens is 224 g/mol. The van der Waals surface area contributed by atoms with Gasteiger partial charge in [0.1, 0.15) is 5.60 Å². The minimum atomic E-state index is -0.238. The fourth-order valence-corrected chi connectivity index (χ4v) is 1.84. The van der Waals surface area contributed by atoms with Crippen molar-refractivity contribution < 1.29 is 4.74 Å². The number of nitrogens with zero attached hydrogens (tertiary/aromatic N) is 1. The third-order valence-electron chi connectivity index (χ3n) is 2.53. The maximum atomic E-state index is 5.94. The Kier molecular flexibility index (Phi) is 3.53. The van der Waals surface area contributed by atoms with E-state index in [2.05, 4.69) is 22.4 Å². The molecule has 0 aliphatic heterocycles. The quantitative estimate of drug-likeness (QED) is 0.900. The summed E-state index contributed by atoms with van der Waals surface area (Å²) in [5.74, 6) is 0.718. The maximum absolute atomic E-state index is 5.94. The van der Waals surface area contributed by atoms with Crippen LogP contribution < -0.4 is 10.1 Å². The molecule has 0 unspecified atom stereocenters. The fourth-order valence-electron chi connectivity index (χ4n) is 1.84. The molecule has 0 bridgehead atoms. The van der Waals surface area contributed by atoms with Crippen LogP contribution >= 0.6 is 0 Å². The Labute approximate surface area is 108 Å². The SMILES string of the molecule is CNCc1cc2ccccc2nc1OC(C)(C)C. The summed E-state index contributed by atoms with van der Waals surface area (Å²) in [6, 6.07) is 10.2. The van der Waals surface area contributed by atoms with Gasteiger partial charge in [-0.15, -0.1) is 0 Å². The Morgan fingerprint density at radius 3 is 2.61 bits per heavy atom. The van der Waals surface area contributed by atoms with E-state index < -0.39 is 0 Å². The highest BCUT2D eigenvalue weighted by Crippen LogP contribution is 2.25. The first-order valence-electron chi connectivity index (χ1n) is 6.22. The molecule has 0 saturated carbocycles. The molecule has 0 atom stereocenters. The predicted octanol–water partition coefficient (Wildman–Crippen LogP) is 3.13. The molecule has 1 aromatic heterocycles. The van der Waals surface area contributed by atoms with Crippen LogP contribution in [0.3, 0.4) is 0 Å². The first kappa shape index (κ1) is 12.8. The second-order valence-electron chi connectivity index (χ2n) is 5.39. The summed E-state index contributed by atoms with van der Waals surface area (Å²) in [5, 5.41) is 4.30. The van der Waals surface area contributed by atoms with Gasteiger partial charge in [0.15, 0.2) is 0 Å². The zero-order valence-electron chi connectivity index (χ0n) is 11.4. The van der Waals surface area contributed by atoms with Gasteiger partial charge in [-0.3, -0.25) is 0 Å². The standard InChI is InChI=1S/C15H20N2O/c1-15(2,3)18-14-12(10-16-4)9-11-7-5-6-8-13(11)17-14/h5-9,16H,10H2,1-4H3. The Balaban J connectivity index is 2.50. The number of aromatic nitrogens is 1. The van der Waals surface area contributed by atoms with E-state index in [9.17, 15) is 0 Å². The van der Waals surface area contributed by atoms with Gasteiger partial charge in [-0.1, -0.05) is 18.2 Å². The Bertz CT molecular complexity index is 544. The number of hydrogen-bond acceptors (Lipinski definition) is 3. The lowest BCUT2D eigenvalue weighted by Crippen LogP contribution is -2.25. The summed E-state index contributed by atoms with van der Waals surface area (Å²) in [6.45, 7) is 6.86. The van der Waals surface area contributed by atoms with Gasteiger partial charge in [0, 0.05) is 17.5 Å². The number of benzene rings is 1. The van der Waals surface area contributed by atoms with Gasteiger partial charge in [-0.2, -0.15) is 0 Å².